The summed E-state index contributed by atoms with van der Waals surface area (Å²) in [5, 5.41) is 0.417. The summed E-state index contributed by atoms with van der Waals surface area (Å²) >= 11 is 6.32. The zero-order valence-electron chi connectivity index (χ0n) is 15.2. The van der Waals surface area contributed by atoms with Gasteiger partial charge in [0.05, 0.1) is 25.3 Å². The van der Waals surface area contributed by atoms with E-state index in [9.17, 15) is 4.39 Å². The Bertz CT molecular complexity index is 574. The molecule has 1 aliphatic heterocycles. The number of guanidine groups is 1. The topological polar surface area (TPSA) is 54.1 Å². The minimum atomic E-state index is -0.312. The Morgan fingerprint density at radius 2 is 2.20 bits per heavy atom. The maximum absolute atomic E-state index is 14.5. The molecule has 2 N–H and O–H groups in total. The third-order valence-corrected chi connectivity index (χ3v) is 4.89. The lowest BCUT2D eigenvalue weighted by atomic mass is 10.0. The third-order valence-electron chi connectivity index (χ3n) is 4.56. The first-order valence-corrected chi connectivity index (χ1v) is 9.20. The van der Waals surface area contributed by atoms with Crippen LogP contribution in [0.4, 0.5) is 4.39 Å². The number of ether oxygens (including phenoxy) is 1. The second-order valence-electron chi connectivity index (χ2n) is 6.20. The van der Waals surface area contributed by atoms with E-state index in [0.717, 1.165) is 13.1 Å². The molecule has 1 aromatic rings. The van der Waals surface area contributed by atoms with E-state index >= 15 is 0 Å². The molecule has 2 atom stereocenters. The summed E-state index contributed by atoms with van der Waals surface area (Å²) < 4.78 is 20.2. The van der Waals surface area contributed by atoms with Crippen molar-refractivity contribution in [2.45, 2.75) is 32.9 Å². The van der Waals surface area contributed by atoms with Gasteiger partial charge in [-0.3, -0.25) is 9.89 Å². The zero-order valence-corrected chi connectivity index (χ0v) is 16.0. The molecule has 0 aliphatic carbocycles. The highest BCUT2D eigenvalue weighted by Gasteiger charge is 2.29. The average molecular weight is 371 g/mol. The van der Waals surface area contributed by atoms with E-state index in [2.05, 4.69) is 9.89 Å². The number of hydrogen-bond donors (Lipinski definition) is 1. The molecule has 2 unspecified atom stereocenters. The lowest BCUT2D eigenvalue weighted by Crippen LogP contribution is -2.45. The molecule has 1 aromatic carbocycles. The predicted octanol–water partition coefficient (Wildman–Crippen LogP) is 2.90. The van der Waals surface area contributed by atoms with E-state index in [1.54, 1.807) is 12.1 Å². The number of halogens is 2. The van der Waals surface area contributed by atoms with Gasteiger partial charge in [0.2, 0.25) is 0 Å². The average Bonchev–Trinajstić information content (AvgIpc) is 2.58. The molecule has 1 heterocycles. The number of rotatable bonds is 6. The highest BCUT2D eigenvalue weighted by molar-refractivity contribution is 6.31. The lowest BCUT2D eigenvalue weighted by molar-refractivity contribution is -0.0337. The first-order chi connectivity index (χ1) is 12.0. The minimum absolute atomic E-state index is 0.0888. The third kappa shape index (κ3) is 5.06. The van der Waals surface area contributed by atoms with Crippen LogP contribution in [-0.4, -0.2) is 61.2 Å². The van der Waals surface area contributed by atoms with E-state index in [4.69, 9.17) is 22.1 Å². The van der Waals surface area contributed by atoms with Gasteiger partial charge in [-0.25, -0.2) is 4.39 Å². The van der Waals surface area contributed by atoms with Crippen LogP contribution in [0.2, 0.25) is 5.02 Å². The molecule has 0 aromatic heterocycles. The Morgan fingerprint density at radius 1 is 1.48 bits per heavy atom. The van der Waals surface area contributed by atoms with Crippen LogP contribution in [0, 0.1) is 5.82 Å². The van der Waals surface area contributed by atoms with Crippen LogP contribution in [0.25, 0.3) is 0 Å². The molecule has 0 saturated carbocycles. The maximum atomic E-state index is 14.5. The van der Waals surface area contributed by atoms with E-state index in [1.165, 1.54) is 6.07 Å². The number of nitrogens with two attached hydrogens (primary N) is 1. The molecule has 1 saturated heterocycles. The maximum Gasteiger partial charge on any atom is 0.191 e. The summed E-state index contributed by atoms with van der Waals surface area (Å²) in [4.78, 5) is 8.69. The van der Waals surface area contributed by atoms with Crippen molar-refractivity contribution in [1.82, 2.24) is 9.80 Å². The Hall–Kier alpha value is -1.37. The number of benzene rings is 1. The fourth-order valence-electron chi connectivity index (χ4n) is 3.17. The second-order valence-corrected chi connectivity index (χ2v) is 6.61. The Kier molecular flexibility index (Phi) is 7.47. The summed E-state index contributed by atoms with van der Waals surface area (Å²) in [6, 6.07) is 4.51. The molecule has 25 heavy (non-hydrogen) atoms. The molecule has 1 fully saturated rings. The van der Waals surface area contributed by atoms with Gasteiger partial charge < -0.3 is 15.4 Å². The van der Waals surface area contributed by atoms with Gasteiger partial charge in [0.1, 0.15) is 5.82 Å². The molecule has 5 nitrogen and oxygen atoms in total. The minimum Gasteiger partial charge on any atom is -0.376 e. The van der Waals surface area contributed by atoms with Crippen molar-refractivity contribution in [1.29, 1.82) is 0 Å². The van der Waals surface area contributed by atoms with E-state index < -0.39 is 0 Å². The smallest absolute Gasteiger partial charge is 0.191 e. The van der Waals surface area contributed by atoms with E-state index in [-0.39, 0.29) is 18.0 Å². The first kappa shape index (κ1) is 19.9. The molecule has 0 spiro atoms. The Labute approximate surface area is 154 Å². The van der Waals surface area contributed by atoms with Crippen LogP contribution < -0.4 is 5.73 Å². The molecular formula is C18H28ClFN4O. The van der Waals surface area contributed by atoms with E-state index in [1.807, 2.05) is 25.7 Å². The van der Waals surface area contributed by atoms with Crippen LogP contribution in [0.1, 0.15) is 32.4 Å². The van der Waals surface area contributed by atoms with Gasteiger partial charge in [-0.05, 0) is 32.9 Å². The highest BCUT2D eigenvalue weighted by atomic mass is 35.5. The van der Waals surface area contributed by atoms with Gasteiger partial charge >= 0.3 is 0 Å². The van der Waals surface area contributed by atoms with Gasteiger partial charge in [-0.1, -0.05) is 17.7 Å². The summed E-state index contributed by atoms with van der Waals surface area (Å²) in [7, 11) is 0. The molecule has 0 amide bonds. The summed E-state index contributed by atoms with van der Waals surface area (Å²) in [6.07, 6.45) is 0.0888. The van der Waals surface area contributed by atoms with Crippen molar-refractivity contribution in [3.8, 4) is 0 Å². The summed E-state index contributed by atoms with van der Waals surface area (Å²) in [6.45, 7) is 10.0. The lowest BCUT2D eigenvalue weighted by Gasteiger charge is -2.37. The molecule has 0 radical (unpaired) electrons. The van der Waals surface area contributed by atoms with Crippen LogP contribution >= 0.6 is 11.6 Å². The van der Waals surface area contributed by atoms with Crippen molar-refractivity contribution in [3.63, 3.8) is 0 Å². The SMILES string of the molecule is CCN(CC)C(N)=NCC(c1c(F)cccc1Cl)N1CCOC(C)C1. The van der Waals surface area contributed by atoms with Crippen LogP contribution in [-0.2, 0) is 4.74 Å². The van der Waals surface area contributed by atoms with Crippen molar-refractivity contribution < 1.29 is 9.13 Å². The van der Waals surface area contributed by atoms with Crippen molar-refractivity contribution in [2.75, 3.05) is 39.3 Å². The van der Waals surface area contributed by atoms with Crippen LogP contribution in [0.15, 0.2) is 23.2 Å². The van der Waals surface area contributed by atoms with Gasteiger partial charge in [-0.15, -0.1) is 0 Å². The number of nitrogens with zero attached hydrogens (tertiary/aromatic N) is 3. The summed E-state index contributed by atoms with van der Waals surface area (Å²) in [5.74, 6) is 0.164. The van der Waals surface area contributed by atoms with Gasteiger partial charge in [-0.2, -0.15) is 0 Å². The zero-order chi connectivity index (χ0) is 18.4. The highest BCUT2D eigenvalue weighted by Crippen LogP contribution is 2.31. The van der Waals surface area contributed by atoms with Crippen LogP contribution in [0.5, 0.6) is 0 Å². The first-order valence-electron chi connectivity index (χ1n) is 8.82. The fraction of sp³-hybridized carbons (Fsp3) is 0.611. The second kappa shape index (κ2) is 9.36. The largest absolute Gasteiger partial charge is 0.376 e. The predicted molar refractivity (Wildman–Crippen MR) is 101 cm³/mol. The molecule has 140 valence electrons. The summed E-state index contributed by atoms with van der Waals surface area (Å²) in [5.41, 5.74) is 6.59. The van der Waals surface area contributed by atoms with E-state index in [0.29, 0.717) is 42.8 Å². The van der Waals surface area contributed by atoms with Crippen LogP contribution in [0.3, 0.4) is 0 Å². The fourth-order valence-corrected chi connectivity index (χ4v) is 3.46. The molecule has 0 bridgehead atoms. The van der Waals surface area contributed by atoms with Gasteiger partial charge in [0.15, 0.2) is 5.96 Å². The Morgan fingerprint density at radius 3 is 2.80 bits per heavy atom. The number of aliphatic imine (C=N–C) groups is 1. The van der Waals surface area contributed by atoms with Gasteiger partial charge in [0, 0.05) is 36.8 Å². The van der Waals surface area contributed by atoms with Crippen molar-refractivity contribution >= 4 is 17.6 Å². The molecular weight excluding hydrogens is 343 g/mol. The molecule has 2 rings (SSSR count). The normalized spacial score (nSPS) is 20.5. The monoisotopic (exact) mass is 370 g/mol. The number of hydrogen-bond acceptors (Lipinski definition) is 3. The standard InChI is InChI=1S/C18H28ClFN4O/c1-4-23(5-2)18(21)22-11-16(24-9-10-25-13(3)12-24)17-14(19)7-6-8-15(17)20/h6-8,13,16H,4-5,9-12H2,1-3H3,(H2,21,22). The number of morpholine rings is 1. The van der Waals surface area contributed by atoms with Crippen molar-refractivity contribution in [3.05, 3.63) is 34.6 Å². The Balaban J connectivity index is 2.31. The van der Waals surface area contributed by atoms with Crippen molar-refractivity contribution in [2.24, 2.45) is 10.7 Å². The van der Waals surface area contributed by atoms with Gasteiger partial charge in [0.25, 0.3) is 0 Å². The molecule has 7 heteroatoms. The quantitative estimate of drug-likeness (QED) is 0.618. The molecule has 1 aliphatic rings.